The zero-order chi connectivity index (χ0) is 15.8. The molecule has 0 radical (unpaired) electrons. The Bertz CT molecular complexity index is 227. The van der Waals surface area contributed by atoms with Crippen LogP contribution >= 0.6 is 0 Å². The molecule has 1 N–H and O–H groups in total. The van der Waals surface area contributed by atoms with E-state index in [-0.39, 0.29) is 5.91 Å². The van der Waals surface area contributed by atoms with Crippen LogP contribution in [0.3, 0.4) is 0 Å². The fraction of sp³-hybridized carbons (Fsp3) is 0.944. The Morgan fingerprint density at radius 1 is 0.762 bits per heavy atom. The summed E-state index contributed by atoms with van der Waals surface area (Å²) >= 11 is 0. The second-order valence-corrected chi connectivity index (χ2v) is 5.92. The average molecular weight is 299 g/mol. The summed E-state index contributed by atoms with van der Waals surface area (Å²) in [6, 6.07) is 0. The molecule has 0 aliphatic carbocycles. The molecule has 0 aromatic rings. The minimum atomic E-state index is 0.229. The number of carbonyl (C=O) groups excluding carboxylic acids is 1. The van der Waals surface area contributed by atoms with Crippen molar-refractivity contribution in [3.8, 4) is 0 Å². The molecular weight excluding hydrogens is 260 g/mol. The first-order valence-electron chi connectivity index (χ1n) is 9.24. The maximum atomic E-state index is 11.8. The van der Waals surface area contributed by atoms with Crippen LogP contribution in [0, 0.1) is 0 Å². The van der Waals surface area contributed by atoms with Crippen LogP contribution in [0.4, 0.5) is 0 Å². The molecule has 0 bridgehead atoms. The summed E-state index contributed by atoms with van der Waals surface area (Å²) in [7, 11) is 0. The van der Waals surface area contributed by atoms with Crippen LogP contribution in [0.25, 0.3) is 0 Å². The molecule has 21 heavy (non-hydrogen) atoms. The number of rotatable bonds is 15. The van der Waals surface area contributed by atoms with Gasteiger partial charge in [-0.15, -0.1) is 0 Å². The lowest BCUT2D eigenvalue weighted by molar-refractivity contribution is -0.129. The number of hydrogen-bond donors (Lipinski definition) is 1. The fourth-order valence-corrected chi connectivity index (χ4v) is 2.62. The Morgan fingerprint density at radius 3 is 1.71 bits per heavy atom. The number of hydrogen-bond acceptors (Lipinski definition) is 2. The summed E-state index contributed by atoms with van der Waals surface area (Å²) in [5.74, 6) is 0.229. The molecule has 0 spiro atoms. The summed E-state index contributed by atoms with van der Waals surface area (Å²) < 4.78 is 0. The van der Waals surface area contributed by atoms with Crippen LogP contribution in [0.5, 0.6) is 0 Å². The normalized spacial score (nSPS) is 10.8. The van der Waals surface area contributed by atoms with E-state index in [0.717, 1.165) is 19.6 Å². The predicted octanol–water partition coefficient (Wildman–Crippen LogP) is 4.37. The minimum Gasteiger partial charge on any atom is -0.342 e. The van der Waals surface area contributed by atoms with E-state index in [4.69, 9.17) is 0 Å². The fourth-order valence-electron chi connectivity index (χ4n) is 2.62. The van der Waals surface area contributed by atoms with Gasteiger partial charge in [-0.25, -0.2) is 0 Å². The van der Waals surface area contributed by atoms with Gasteiger partial charge in [0.1, 0.15) is 0 Å². The first kappa shape index (κ1) is 20.4. The molecule has 0 fully saturated rings. The predicted molar refractivity (Wildman–Crippen MR) is 92.6 cm³/mol. The highest BCUT2D eigenvalue weighted by atomic mass is 16.2. The Morgan fingerprint density at radius 2 is 1.24 bits per heavy atom. The quantitative estimate of drug-likeness (QED) is 0.455. The molecule has 0 aliphatic heterocycles. The van der Waals surface area contributed by atoms with E-state index in [9.17, 15) is 4.79 Å². The van der Waals surface area contributed by atoms with E-state index in [0.29, 0.717) is 6.54 Å². The number of nitrogens with zero attached hydrogens (tertiary/aromatic N) is 1. The Labute approximate surface area is 132 Å². The van der Waals surface area contributed by atoms with Gasteiger partial charge >= 0.3 is 0 Å². The second kappa shape index (κ2) is 15.8. The summed E-state index contributed by atoms with van der Waals surface area (Å²) in [6.45, 7) is 9.43. The third kappa shape index (κ3) is 12.9. The summed E-state index contributed by atoms with van der Waals surface area (Å²) in [6.07, 6.45) is 13.6. The second-order valence-electron chi connectivity index (χ2n) is 5.92. The van der Waals surface area contributed by atoms with Crippen molar-refractivity contribution in [3.63, 3.8) is 0 Å². The molecule has 0 atom stereocenters. The van der Waals surface area contributed by atoms with E-state index in [1.807, 2.05) is 18.7 Å². The SMILES string of the molecule is CCCCCCCCCCCCNCC(=O)N(CC)CC. The highest BCUT2D eigenvalue weighted by Crippen LogP contribution is 2.10. The van der Waals surface area contributed by atoms with E-state index >= 15 is 0 Å². The molecule has 0 heterocycles. The van der Waals surface area contributed by atoms with Crippen LogP contribution in [0.1, 0.15) is 85.0 Å². The standard InChI is InChI=1S/C18H38N2O/c1-4-7-8-9-10-11-12-13-14-15-16-19-17-18(21)20(5-2)6-3/h19H,4-17H2,1-3H3. The zero-order valence-electron chi connectivity index (χ0n) is 14.8. The van der Waals surface area contributed by atoms with Crippen LogP contribution < -0.4 is 5.32 Å². The Hall–Kier alpha value is -0.570. The topological polar surface area (TPSA) is 32.3 Å². The Kier molecular flexibility index (Phi) is 15.4. The van der Waals surface area contributed by atoms with Gasteiger partial charge < -0.3 is 10.2 Å². The zero-order valence-corrected chi connectivity index (χ0v) is 14.8. The first-order chi connectivity index (χ1) is 10.3. The van der Waals surface area contributed by atoms with Crippen molar-refractivity contribution >= 4 is 5.91 Å². The molecule has 0 saturated carbocycles. The largest absolute Gasteiger partial charge is 0.342 e. The van der Waals surface area contributed by atoms with Crippen molar-refractivity contribution < 1.29 is 4.79 Å². The van der Waals surface area contributed by atoms with E-state index < -0.39 is 0 Å². The lowest BCUT2D eigenvalue weighted by atomic mass is 10.1. The van der Waals surface area contributed by atoms with Crippen LogP contribution in [-0.4, -0.2) is 37.0 Å². The number of nitrogens with one attached hydrogen (secondary N) is 1. The number of likely N-dealkylation sites (N-methyl/N-ethyl adjacent to an activating group) is 1. The van der Waals surface area contributed by atoms with E-state index in [1.165, 1.54) is 64.2 Å². The summed E-state index contributed by atoms with van der Waals surface area (Å²) in [5, 5.41) is 3.27. The third-order valence-corrected chi connectivity index (χ3v) is 4.10. The summed E-state index contributed by atoms with van der Waals surface area (Å²) in [4.78, 5) is 13.6. The lowest BCUT2D eigenvalue weighted by Gasteiger charge is -2.18. The van der Waals surface area contributed by atoms with Crippen LogP contribution in [0.15, 0.2) is 0 Å². The lowest BCUT2D eigenvalue weighted by Crippen LogP contribution is -2.38. The maximum absolute atomic E-state index is 11.8. The van der Waals surface area contributed by atoms with Gasteiger partial charge in [-0.3, -0.25) is 4.79 Å². The van der Waals surface area contributed by atoms with Gasteiger partial charge in [0.15, 0.2) is 0 Å². The van der Waals surface area contributed by atoms with Crippen LogP contribution in [-0.2, 0) is 4.79 Å². The van der Waals surface area contributed by atoms with Gasteiger partial charge in [-0.1, -0.05) is 64.7 Å². The molecule has 0 saturated heterocycles. The van der Waals surface area contributed by atoms with Crippen molar-refractivity contribution in [2.75, 3.05) is 26.2 Å². The van der Waals surface area contributed by atoms with Gasteiger partial charge in [-0.2, -0.15) is 0 Å². The average Bonchev–Trinajstić information content (AvgIpc) is 2.49. The first-order valence-corrected chi connectivity index (χ1v) is 9.24. The van der Waals surface area contributed by atoms with Gasteiger partial charge in [0.2, 0.25) is 5.91 Å². The van der Waals surface area contributed by atoms with Crippen molar-refractivity contribution in [1.82, 2.24) is 10.2 Å². The number of amides is 1. The van der Waals surface area contributed by atoms with Gasteiger partial charge in [0, 0.05) is 13.1 Å². The van der Waals surface area contributed by atoms with Crippen molar-refractivity contribution in [1.29, 1.82) is 0 Å². The molecule has 0 aliphatic rings. The third-order valence-electron chi connectivity index (χ3n) is 4.10. The molecule has 3 nitrogen and oxygen atoms in total. The monoisotopic (exact) mass is 298 g/mol. The van der Waals surface area contributed by atoms with E-state index in [1.54, 1.807) is 0 Å². The van der Waals surface area contributed by atoms with Crippen LogP contribution in [0.2, 0.25) is 0 Å². The molecule has 0 unspecified atom stereocenters. The molecule has 0 aromatic carbocycles. The highest BCUT2D eigenvalue weighted by Gasteiger charge is 2.07. The van der Waals surface area contributed by atoms with Crippen molar-refractivity contribution in [2.24, 2.45) is 0 Å². The van der Waals surface area contributed by atoms with Gasteiger partial charge in [-0.05, 0) is 26.8 Å². The molecule has 1 amide bonds. The Balaban J connectivity index is 3.20. The van der Waals surface area contributed by atoms with Gasteiger partial charge in [0.05, 0.1) is 6.54 Å². The minimum absolute atomic E-state index is 0.229. The van der Waals surface area contributed by atoms with E-state index in [2.05, 4.69) is 12.2 Å². The smallest absolute Gasteiger partial charge is 0.236 e. The molecule has 0 rings (SSSR count). The molecule has 0 aromatic heterocycles. The van der Waals surface area contributed by atoms with Crippen molar-refractivity contribution in [3.05, 3.63) is 0 Å². The number of unbranched alkanes of at least 4 members (excludes halogenated alkanes) is 9. The maximum Gasteiger partial charge on any atom is 0.236 e. The molecular formula is C18H38N2O. The molecule has 3 heteroatoms. The van der Waals surface area contributed by atoms with Crippen molar-refractivity contribution in [2.45, 2.75) is 85.0 Å². The molecule has 126 valence electrons. The highest BCUT2D eigenvalue weighted by molar-refractivity contribution is 5.78. The summed E-state index contributed by atoms with van der Waals surface area (Å²) in [5.41, 5.74) is 0. The number of carbonyl (C=O) groups is 1. The van der Waals surface area contributed by atoms with Gasteiger partial charge in [0.25, 0.3) is 0 Å².